The van der Waals surface area contributed by atoms with E-state index in [1.807, 2.05) is 0 Å². The molecule has 19 heavy (non-hydrogen) atoms. The van der Waals surface area contributed by atoms with Crippen molar-refractivity contribution in [1.29, 1.82) is 0 Å². The van der Waals surface area contributed by atoms with Crippen LogP contribution < -0.4 is 0 Å². The maximum atomic E-state index is 11.7. The van der Waals surface area contributed by atoms with Gasteiger partial charge in [-0.1, -0.05) is 0 Å². The predicted molar refractivity (Wildman–Crippen MR) is 69.2 cm³/mol. The van der Waals surface area contributed by atoms with E-state index in [2.05, 4.69) is 0 Å². The zero-order chi connectivity index (χ0) is 14.7. The van der Waals surface area contributed by atoms with Gasteiger partial charge < -0.3 is 0 Å². The van der Waals surface area contributed by atoms with Gasteiger partial charge in [-0.2, -0.15) is 0 Å². The van der Waals surface area contributed by atoms with E-state index in [0.29, 0.717) is 11.6 Å². The van der Waals surface area contributed by atoms with Crippen LogP contribution in [-0.4, -0.2) is 62.4 Å². The van der Waals surface area contributed by atoms with E-state index in [4.69, 9.17) is 14.0 Å². The monoisotopic (exact) mass is 360 g/mol. The molecule has 0 amide bonds. The van der Waals surface area contributed by atoms with Crippen LogP contribution in [0.2, 0.25) is 16.6 Å². The Kier molecular flexibility index (Phi) is 6.10. The molecule has 0 aromatic rings. The first kappa shape index (κ1) is 17.2. The standard InChI is InChI=1S/C10H21AsO7S/c1-11(2,13)5-9-3-4-10(18-9)17-6-8(12)7-19(14,15)16/h8-10,12H,3-7H2,1-2H3,(H,14,15,16). The second-order valence-corrected chi connectivity index (χ2v) is 14.1. The quantitative estimate of drug-likeness (QED) is 0.499. The van der Waals surface area contributed by atoms with Crippen LogP contribution in [-0.2, 0) is 23.3 Å². The maximum absolute atomic E-state index is 11.7. The number of aliphatic hydroxyl groups is 1. The number of rotatable bonds is 7. The summed E-state index contributed by atoms with van der Waals surface area (Å²) in [7, 11) is -4.21. The van der Waals surface area contributed by atoms with Gasteiger partial charge in [-0.15, -0.1) is 0 Å². The summed E-state index contributed by atoms with van der Waals surface area (Å²) in [5, 5.41) is 9.88. The van der Waals surface area contributed by atoms with Crippen LogP contribution in [0.1, 0.15) is 12.8 Å². The predicted octanol–water partition coefficient (Wildman–Crippen LogP) is 0.392. The first-order valence-electron chi connectivity index (χ1n) is 5.99. The van der Waals surface area contributed by atoms with Crippen molar-refractivity contribution < 1.29 is 31.3 Å². The molecule has 0 bridgehead atoms. The third-order valence-electron chi connectivity index (χ3n) is 2.59. The van der Waals surface area contributed by atoms with Crippen LogP contribution in [0.25, 0.3) is 0 Å². The van der Waals surface area contributed by atoms with Crippen molar-refractivity contribution in [1.82, 2.24) is 0 Å². The van der Waals surface area contributed by atoms with Gasteiger partial charge in [0.25, 0.3) is 0 Å². The Hall–Kier alpha value is 0.148. The minimum atomic E-state index is -4.21. The molecule has 0 aromatic carbocycles. The second-order valence-electron chi connectivity index (χ2n) is 5.26. The van der Waals surface area contributed by atoms with E-state index in [9.17, 15) is 17.3 Å². The van der Waals surface area contributed by atoms with Gasteiger partial charge in [0.2, 0.25) is 0 Å². The fraction of sp³-hybridized carbons (Fsp3) is 1.00. The molecule has 1 aliphatic rings. The van der Waals surface area contributed by atoms with E-state index >= 15 is 0 Å². The van der Waals surface area contributed by atoms with Crippen molar-refractivity contribution in [2.75, 3.05) is 12.4 Å². The Morgan fingerprint density at radius 2 is 2.05 bits per heavy atom. The molecule has 1 saturated heterocycles. The Morgan fingerprint density at radius 1 is 1.42 bits per heavy atom. The summed E-state index contributed by atoms with van der Waals surface area (Å²) in [6.45, 7) is -0.224. The first-order chi connectivity index (χ1) is 8.55. The van der Waals surface area contributed by atoms with Crippen LogP contribution in [0.15, 0.2) is 0 Å². The average Bonchev–Trinajstić information content (AvgIpc) is 2.57. The zero-order valence-corrected chi connectivity index (χ0v) is 13.8. The molecule has 2 N–H and O–H groups in total. The summed E-state index contributed by atoms with van der Waals surface area (Å²) in [4.78, 5) is 0. The first-order valence-corrected chi connectivity index (χ1v) is 13.4. The molecule has 0 spiro atoms. The molecule has 0 aliphatic carbocycles. The summed E-state index contributed by atoms with van der Waals surface area (Å²) in [5.74, 6) is -0.759. The van der Waals surface area contributed by atoms with Crippen molar-refractivity contribution in [2.45, 2.75) is 48.0 Å². The molecule has 9 heteroatoms. The number of ether oxygens (including phenoxy) is 2. The topological polar surface area (TPSA) is 110 Å². The summed E-state index contributed by atoms with van der Waals surface area (Å²) in [6, 6.07) is 0. The summed E-state index contributed by atoms with van der Waals surface area (Å²) in [5.41, 5.74) is 3.51. The van der Waals surface area contributed by atoms with E-state index < -0.39 is 41.8 Å². The van der Waals surface area contributed by atoms with Gasteiger partial charge >= 0.3 is 115 Å². The fourth-order valence-electron chi connectivity index (χ4n) is 1.93. The second kappa shape index (κ2) is 6.74. The van der Waals surface area contributed by atoms with Gasteiger partial charge in [-0.05, 0) is 0 Å². The molecule has 1 aliphatic heterocycles. The molecule has 1 fully saturated rings. The third-order valence-corrected chi connectivity index (χ3v) is 6.09. The van der Waals surface area contributed by atoms with E-state index in [1.54, 1.807) is 11.4 Å². The van der Waals surface area contributed by atoms with E-state index in [0.717, 1.165) is 6.42 Å². The molecule has 114 valence electrons. The van der Waals surface area contributed by atoms with Crippen LogP contribution >= 0.6 is 0 Å². The summed E-state index contributed by atoms with van der Waals surface area (Å²) >= 11 is -2.74. The van der Waals surface area contributed by atoms with Crippen LogP contribution in [0.5, 0.6) is 0 Å². The molecule has 0 radical (unpaired) electrons. The molecule has 3 atom stereocenters. The SMILES string of the molecule is C[As](C)(=O)CC1CCC(OCC(O)CS(=O)(=O)O)O1. The number of hydrogen-bond donors (Lipinski definition) is 2. The summed E-state index contributed by atoms with van der Waals surface area (Å²) in [6.07, 6.45) is -0.525. The third kappa shape index (κ3) is 8.12. The minimum absolute atomic E-state index is 0.0938. The van der Waals surface area contributed by atoms with Gasteiger partial charge in [0.15, 0.2) is 0 Å². The van der Waals surface area contributed by atoms with E-state index in [1.165, 1.54) is 0 Å². The Morgan fingerprint density at radius 3 is 2.58 bits per heavy atom. The molecule has 0 saturated carbocycles. The Bertz CT molecular complexity index is 429. The normalized spacial score (nSPS) is 26.5. The van der Waals surface area contributed by atoms with E-state index in [-0.39, 0.29) is 12.7 Å². The van der Waals surface area contributed by atoms with Crippen molar-refractivity contribution in [3.8, 4) is 0 Å². The number of hydrogen-bond acceptors (Lipinski definition) is 6. The van der Waals surface area contributed by atoms with Crippen molar-refractivity contribution in [3.05, 3.63) is 0 Å². The fourth-order valence-corrected chi connectivity index (χ4v) is 5.13. The van der Waals surface area contributed by atoms with Gasteiger partial charge in [0, 0.05) is 0 Å². The van der Waals surface area contributed by atoms with Crippen molar-refractivity contribution >= 4 is 23.6 Å². The van der Waals surface area contributed by atoms with Crippen LogP contribution in [0, 0.1) is 0 Å². The summed E-state index contributed by atoms with van der Waals surface area (Å²) < 4.78 is 52.0. The molecular weight excluding hydrogens is 339 g/mol. The van der Waals surface area contributed by atoms with Crippen molar-refractivity contribution in [2.24, 2.45) is 0 Å². The van der Waals surface area contributed by atoms with Gasteiger partial charge in [-0.3, -0.25) is 0 Å². The molecule has 3 unspecified atom stereocenters. The van der Waals surface area contributed by atoms with Crippen LogP contribution in [0.3, 0.4) is 0 Å². The molecule has 7 nitrogen and oxygen atoms in total. The molecular formula is C10H21AsO7S. The Balaban J connectivity index is 2.27. The zero-order valence-electron chi connectivity index (χ0n) is 11.1. The average molecular weight is 360 g/mol. The molecule has 1 rings (SSSR count). The Labute approximate surface area is 115 Å². The van der Waals surface area contributed by atoms with Gasteiger partial charge in [-0.25, -0.2) is 0 Å². The molecule has 0 aromatic heterocycles. The van der Waals surface area contributed by atoms with Crippen LogP contribution in [0.4, 0.5) is 0 Å². The van der Waals surface area contributed by atoms with Gasteiger partial charge in [0.05, 0.1) is 0 Å². The van der Waals surface area contributed by atoms with Crippen molar-refractivity contribution in [3.63, 3.8) is 0 Å². The molecule has 1 heterocycles. The van der Waals surface area contributed by atoms with Gasteiger partial charge in [0.1, 0.15) is 0 Å². The number of aliphatic hydroxyl groups excluding tert-OH is 1.